The molecule has 2 rings (SSSR count). The van der Waals surface area contributed by atoms with Crippen LogP contribution >= 0.6 is 0 Å². The number of hydrogen-bond acceptors (Lipinski definition) is 5. The van der Waals surface area contributed by atoms with E-state index >= 15 is 0 Å². The number of methoxy groups -OCH3 is 1. The fourth-order valence-corrected chi connectivity index (χ4v) is 1.66. The van der Waals surface area contributed by atoms with Crippen molar-refractivity contribution in [2.75, 3.05) is 7.11 Å². The fourth-order valence-electron chi connectivity index (χ4n) is 1.66. The third kappa shape index (κ3) is 2.09. The molecule has 2 heterocycles. The van der Waals surface area contributed by atoms with Crippen LogP contribution < -0.4 is 4.74 Å². The van der Waals surface area contributed by atoms with Gasteiger partial charge < -0.3 is 4.74 Å². The molecule has 0 atom stereocenters. The lowest BCUT2D eigenvalue weighted by Crippen LogP contribution is -2.14. The van der Waals surface area contributed by atoms with Crippen LogP contribution in [-0.4, -0.2) is 32.9 Å². The van der Waals surface area contributed by atoms with Crippen LogP contribution in [0.5, 0.6) is 5.75 Å². The Morgan fingerprint density at radius 3 is 2.67 bits per heavy atom. The Balaban J connectivity index is 2.50. The number of aromatic nitrogens is 4. The van der Waals surface area contributed by atoms with Crippen molar-refractivity contribution in [3.05, 3.63) is 35.9 Å². The van der Waals surface area contributed by atoms with E-state index in [1.807, 2.05) is 13.8 Å². The Bertz CT molecular complexity index is 548. The zero-order valence-electron chi connectivity index (χ0n) is 10.5. The van der Waals surface area contributed by atoms with E-state index in [-0.39, 0.29) is 11.8 Å². The van der Waals surface area contributed by atoms with Gasteiger partial charge in [0.15, 0.2) is 11.4 Å². The Labute approximate surface area is 105 Å². The van der Waals surface area contributed by atoms with E-state index in [2.05, 4.69) is 15.3 Å². The highest BCUT2D eigenvalue weighted by atomic mass is 16.5. The minimum absolute atomic E-state index is 0.0719. The first-order valence-corrected chi connectivity index (χ1v) is 5.58. The van der Waals surface area contributed by atoms with E-state index < -0.39 is 0 Å². The molecule has 0 unspecified atom stereocenters. The van der Waals surface area contributed by atoms with Crippen LogP contribution in [0.2, 0.25) is 0 Å². The van der Waals surface area contributed by atoms with Gasteiger partial charge in [-0.1, -0.05) is 0 Å². The van der Waals surface area contributed by atoms with Gasteiger partial charge in [-0.3, -0.25) is 9.48 Å². The lowest BCUT2D eigenvalue weighted by atomic mass is 10.1. The van der Waals surface area contributed by atoms with Gasteiger partial charge in [-0.05, 0) is 19.9 Å². The van der Waals surface area contributed by atoms with Crippen molar-refractivity contribution in [3.63, 3.8) is 0 Å². The summed E-state index contributed by atoms with van der Waals surface area (Å²) in [5.41, 5.74) is 0.895. The molecule has 0 saturated heterocycles. The van der Waals surface area contributed by atoms with Gasteiger partial charge in [0.05, 0.1) is 25.7 Å². The molecule has 0 aliphatic rings. The third-order valence-corrected chi connectivity index (χ3v) is 2.53. The van der Waals surface area contributed by atoms with Crippen LogP contribution in [0, 0.1) is 0 Å². The molecule has 6 heteroatoms. The van der Waals surface area contributed by atoms with Gasteiger partial charge in [0.2, 0.25) is 5.78 Å². The molecule has 6 nitrogen and oxygen atoms in total. The Morgan fingerprint density at radius 2 is 2.11 bits per heavy atom. The second-order valence-corrected chi connectivity index (χ2v) is 4.06. The van der Waals surface area contributed by atoms with Crippen molar-refractivity contribution in [2.24, 2.45) is 0 Å². The Hall–Kier alpha value is -2.24. The highest BCUT2D eigenvalue weighted by molar-refractivity contribution is 6.09. The summed E-state index contributed by atoms with van der Waals surface area (Å²) in [7, 11) is 1.52. The zero-order valence-corrected chi connectivity index (χ0v) is 10.5. The maximum absolute atomic E-state index is 12.4. The Morgan fingerprint density at radius 1 is 1.33 bits per heavy atom. The number of nitrogens with zero attached hydrogens (tertiary/aromatic N) is 4. The maximum Gasteiger partial charge on any atom is 0.216 e. The lowest BCUT2D eigenvalue weighted by molar-refractivity contribution is 0.102. The fraction of sp³-hybridized carbons (Fsp3) is 0.333. The normalized spacial score (nSPS) is 10.7. The minimum atomic E-state index is -0.173. The van der Waals surface area contributed by atoms with Crippen molar-refractivity contribution in [1.82, 2.24) is 20.0 Å². The summed E-state index contributed by atoms with van der Waals surface area (Å²) in [4.78, 5) is 12.4. The molecule has 18 heavy (non-hydrogen) atoms. The van der Waals surface area contributed by atoms with Gasteiger partial charge in [0, 0.05) is 11.6 Å². The predicted molar refractivity (Wildman–Crippen MR) is 64.6 cm³/mol. The molecule has 0 aromatic carbocycles. The van der Waals surface area contributed by atoms with E-state index in [1.54, 1.807) is 16.9 Å². The van der Waals surface area contributed by atoms with Gasteiger partial charge >= 0.3 is 0 Å². The van der Waals surface area contributed by atoms with Gasteiger partial charge in [0.1, 0.15) is 0 Å². The monoisotopic (exact) mass is 246 g/mol. The second-order valence-electron chi connectivity index (χ2n) is 4.06. The summed E-state index contributed by atoms with van der Waals surface area (Å²) in [6, 6.07) is 1.69. The van der Waals surface area contributed by atoms with Crippen LogP contribution in [0.3, 0.4) is 0 Å². The van der Waals surface area contributed by atoms with Crippen molar-refractivity contribution >= 4 is 5.78 Å². The number of carbonyl (C=O) groups is 1. The van der Waals surface area contributed by atoms with Crippen LogP contribution in [0.15, 0.2) is 24.7 Å². The van der Waals surface area contributed by atoms with Gasteiger partial charge in [-0.25, -0.2) is 0 Å². The van der Waals surface area contributed by atoms with E-state index in [4.69, 9.17) is 4.74 Å². The standard InChI is InChI=1S/C12H14N4O2/c1-8(2)16-11(10(18-3)7-15-16)12(17)9-4-5-13-14-6-9/h4-8H,1-3H3. The molecule has 0 radical (unpaired) electrons. The SMILES string of the molecule is COc1cnn(C(C)C)c1C(=O)c1ccnnc1. The first-order chi connectivity index (χ1) is 8.65. The van der Waals surface area contributed by atoms with Crippen LogP contribution in [-0.2, 0) is 0 Å². The average molecular weight is 246 g/mol. The largest absolute Gasteiger partial charge is 0.493 e. The molecule has 0 N–H and O–H groups in total. The number of ketones is 1. The van der Waals surface area contributed by atoms with Crippen molar-refractivity contribution < 1.29 is 9.53 Å². The molecular weight excluding hydrogens is 232 g/mol. The zero-order chi connectivity index (χ0) is 13.1. The smallest absolute Gasteiger partial charge is 0.216 e. The first kappa shape index (κ1) is 12.2. The molecule has 94 valence electrons. The van der Waals surface area contributed by atoms with Gasteiger partial charge in [-0.15, -0.1) is 0 Å². The van der Waals surface area contributed by atoms with Gasteiger partial charge in [0.25, 0.3) is 0 Å². The topological polar surface area (TPSA) is 69.9 Å². The molecule has 0 amide bonds. The summed E-state index contributed by atoms with van der Waals surface area (Å²) >= 11 is 0. The number of ether oxygens (including phenoxy) is 1. The first-order valence-electron chi connectivity index (χ1n) is 5.58. The molecule has 2 aromatic rings. The van der Waals surface area contributed by atoms with Crippen LogP contribution in [0.25, 0.3) is 0 Å². The predicted octanol–water partition coefficient (Wildman–Crippen LogP) is 1.49. The molecule has 0 saturated carbocycles. The summed E-state index contributed by atoms with van der Waals surface area (Å²) in [5.74, 6) is 0.290. The maximum atomic E-state index is 12.4. The van der Waals surface area contributed by atoms with Gasteiger partial charge in [-0.2, -0.15) is 15.3 Å². The number of carbonyl (C=O) groups excluding carboxylic acids is 1. The molecular formula is C12H14N4O2. The average Bonchev–Trinajstić information content (AvgIpc) is 2.82. The lowest BCUT2D eigenvalue weighted by Gasteiger charge is -2.10. The summed E-state index contributed by atoms with van der Waals surface area (Å²) < 4.78 is 6.82. The Kier molecular flexibility index (Phi) is 3.36. The number of hydrogen-bond donors (Lipinski definition) is 0. The van der Waals surface area contributed by atoms with Crippen LogP contribution in [0.4, 0.5) is 0 Å². The van der Waals surface area contributed by atoms with E-state index in [1.165, 1.54) is 19.5 Å². The van der Waals surface area contributed by atoms with Crippen molar-refractivity contribution in [1.29, 1.82) is 0 Å². The van der Waals surface area contributed by atoms with E-state index in [0.717, 1.165) is 0 Å². The molecule has 0 aliphatic heterocycles. The van der Waals surface area contributed by atoms with Crippen molar-refractivity contribution in [2.45, 2.75) is 19.9 Å². The van der Waals surface area contributed by atoms with E-state index in [9.17, 15) is 4.79 Å². The minimum Gasteiger partial charge on any atom is -0.493 e. The molecule has 0 fully saturated rings. The van der Waals surface area contributed by atoms with E-state index in [0.29, 0.717) is 17.0 Å². The third-order valence-electron chi connectivity index (χ3n) is 2.53. The van der Waals surface area contributed by atoms with Crippen molar-refractivity contribution in [3.8, 4) is 5.75 Å². The van der Waals surface area contributed by atoms with Crippen LogP contribution in [0.1, 0.15) is 35.9 Å². The highest BCUT2D eigenvalue weighted by Gasteiger charge is 2.22. The molecule has 2 aromatic heterocycles. The highest BCUT2D eigenvalue weighted by Crippen LogP contribution is 2.23. The summed E-state index contributed by atoms with van der Waals surface area (Å²) in [6.45, 7) is 3.90. The quantitative estimate of drug-likeness (QED) is 0.764. The molecule has 0 bridgehead atoms. The summed E-state index contributed by atoms with van der Waals surface area (Å²) in [6.07, 6.45) is 4.46. The number of rotatable bonds is 4. The summed E-state index contributed by atoms with van der Waals surface area (Å²) in [5, 5.41) is 11.5. The molecule has 0 spiro atoms. The molecule has 0 aliphatic carbocycles. The second kappa shape index (κ2) is 4.95.